The van der Waals surface area contributed by atoms with Gasteiger partial charge in [0.1, 0.15) is 24.1 Å². The normalized spacial score (nSPS) is 27.9. The largest absolute Gasteiger partial charge is 0.573 e. The van der Waals surface area contributed by atoms with Crippen LogP contribution < -0.4 is 14.8 Å². The Kier molecular flexibility index (Phi) is 6.49. The van der Waals surface area contributed by atoms with E-state index >= 15 is 0 Å². The number of hydrogen-bond acceptors (Lipinski definition) is 6. The van der Waals surface area contributed by atoms with Gasteiger partial charge < -0.3 is 25.0 Å². The minimum absolute atomic E-state index is 0.0375. The molecule has 3 unspecified atom stereocenters. The van der Waals surface area contributed by atoms with Crippen molar-refractivity contribution in [3.63, 3.8) is 0 Å². The van der Waals surface area contributed by atoms with E-state index in [9.17, 15) is 33.0 Å². The molecule has 1 amide bonds. The highest BCUT2D eigenvalue weighted by Crippen LogP contribution is 2.62. The Bertz CT molecular complexity index is 1440. The fraction of sp³-hybridized carbons (Fsp3) is 0.448. The van der Waals surface area contributed by atoms with Crippen molar-refractivity contribution >= 4 is 33.3 Å². The van der Waals surface area contributed by atoms with Crippen LogP contribution in [-0.4, -0.2) is 40.1 Å². The number of fused-ring (bicyclic) bond motifs is 1. The summed E-state index contributed by atoms with van der Waals surface area (Å²) in [5.74, 6) is -1.31. The van der Waals surface area contributed by atoms with Crippen LogP contribution in [-0.2, 0) is 11.4 Å². The van der Waals surface area contributed by atoms with E-state index in [1.54, 1.807) is 18.2 Å². The molecule has 40 heavy (non-hydrogen) atoms. The van der Waals surface area contributed by atoms with E-state index in [0.717, 1.165) is 11.1 Å². The first-order chi connectivity index (χ1) is 18.9. The van der Waals surface area contributed by atoms with Gasteiger partial charge in [0.15, 0.2) is 0 Å². The molecular formula is C29H28F3NO6S. The minimum atomic E-state index is -4.80. The predicted octanol–water partition coefficient (Wildman–Crippen LogP) is 5.89. The number of aliphatic carboxylic acids is 1. The topological polar surface area (TPSA) is 105 Å². The van der Waals surface area contributed by atoms with Crippen LogP contribution in [0.3, 0.4) is 0 Å². The van der Waals surface area contributed by atoms with Crippen LogP contribution in [0.25, 0.3) is 10.1 Å². The Morgan fingerprint density at radius 2 is 1.75 bits per heavy atom. The third-order valence-corrected chi connectivity index (χ3v) is 9.46. The second kappa shape index (κ2) is 9.66. The number of carboxylic acids is 1. The molecule has 1 heterocycles. The zero-order chi connectivity index (χ0) is 28.3. The number of carboxylic acid groups (broad SMARTS) is 1. The lowest BCUT2D eigenvalue weighted by molar-refractivity contribution is -0.274. The summed E-state index contributed by atoms with van der Waals surface area (Å²) in [5, 5.41) is 26.7. The van der Waals surface area contributed by atoms with Gasteiger partial charge in [-0.3, -0.25) is 4.79 Å². The zero-order valence-electron chi connectivity index (χ0n) is 21.4. The molecule has 4 aliphatic rings. The predicted molar refractivity (Wildman–Crippen MR) is 140 cm³/mol. The van der Waals surface area contributed by atoms with Crippen molar-refractivity contribution in [3.05, 3.63) is 59.0 Å². The number of thiophene rings is 1. The monoisotopic (exact) mass is 575 g/mol. The second-order valence-electron chi connectivity index (χ2n) is 11.5. The SMILES string of the molecule is O=C(NC(C(=O)O)C12CC3CC(CC(O)(C3)C1)C2)c1ccc2sccc2c1OCc1ccc(OC(F)(F)F)cc1. The van der Waals surface area contributed by atoms with Crippen LogP contribution in [0.4, 0.5) is 13.2 Å². The van der Waals surface area contributed by atoms with Crippen molar-refractivity contribution in [1.29, 1.82) is 0 Å². The number of amides is 1. The number of nitrogens with one attached hydrogen (secondary N) is 1. The summed E-state index contributed by atoms with van der Waals surface area (Å²) in [5.41, 5.74) is -0.878. The standard InChI is InChI=1S/C29H28F3NO6S/c30-29(31,32)39-19-3-1-16(2-4-19)14-38-23-20-7-8-40-22(20)6-5-21(23)25(34)33-24(26(35)36)27-10-17-9-18(11-27)13-28(37,12-17)15-27/h1-8,17-18,24,37H,9-15H2,(H,33,34)(H,35,36). The lowest BCUT2D eigenvalue weighted by Gasteiger charge is -2.61. The maximum atomic E-state index is 13.7. The first-order valence-electron chi connectivity index (χ1n) is 13.2. The number of ether oxygens (including phenoxy) is 2. The number of benzene rings is 2. The number of halogens is 3. The molecule has 3 atom stereocenters. The van der Waals surface area contributed by atoms with E-state index in [2.05, 4.69) is 10.1 Å². The van der Waals surface area contributed by atoms with E-state index in [-0.39, 0.29) is 35.5 Å². The summed E-state index contributed by atoms with van der Waals surface area (Å²) in [7, 11) is 0. The summed E-state index contributed by atoms with van der Waals surface area (Å²) in [6.07, 6.45) is -0.778. The van der Waals surface area contributed by atoms with Crippen molar-refractivity contribution in [2.75, 3.05) is 0 Å². The Morgan fingerprint density at radius 3 is 2.38 bits per heavy atom. The van der Waals surface area contributed by atoms with Crippen LogP contribution in [0.1, 0.15) is 54.4 Å². The Morgan fingerprint density at radius 1 is 1.05 bits per heavy atom. The summed E-state index contributed by atoms with van der Waals surface area (Å²) < 4.78 is 48.3. The highest BCUT2D eigenvalue weighted by atomic mass is 32.1. The van der Waals surface area contributed by atoms with E-state index in [1.165, 1.54) is 35.6 Å². The van der Waals surface area contributed by atoms with Crippen LogP contribution in [0.15, 0.2) is 47.8 Å². The van der Waals surface area contributed by atoms with E-state index in [4.69, 9.17) is 4.74 Å². The molecule has 3 N–H and O–H groups in total. The van der Waals surface area contributed by atoms with Gasteiger partial charge in [0, 0.05) is 15.5 Å². The fourth-order valence-corrected chi connectivity index (χ4v) is 8.39. The number of rotatable bonds is 8. The molecule has 1 aromatic heterocycles. The number of carbonyl (C=O) groups excluding carboxylic acids is 1. The molecule has 2 aromatic carbocycles. The van der Waals surface area contributed by atoms with Gasteiger partial charge in [-0.1, -0.05) is 12.1 Å². The van der Waals surface area contributed by atoms with Gasteiger partial charge in [-0.25, -0.2) is 4.79 Å². The molecule has 11 heteroatoms. The summed E-state index contributed by atoms with van der Waals surface area (Å²) in [6.45, 7) is -0.0375. The Hall–Kier alpha value is -3.31. The van der Waals surface area contributed by atoms with Crippen molar-refractivity contribution in [2.45, 2.75) is 63.1 Å². The number of carbonyl (C=O) groups is 2. The molecule has 4 bridgehead atoms. The van der Waals surface area contributed by atoms with Crippen LogP contribution in [0, 0.1) is 17.3 Å². The van der Waals surface area contributed by atoms with E-state index < -0.39 is 35.3 Å². The maximum Gasteiger partial charge on any atom is 0.573 e. The summed E-state index contributed by atoms with van der Waals surface area (Å²) in [4.78, 5) is 26.2. The van der Waals surface area contributed by atoms with Gasteiger partial charge in [0.05, 0.1) is 11.2 Å². The molecule has 0 radical (unpaired) electrons. The lowest BCUT2D eigenvalue weighted by Crippen LogP contribution is -2.64. The molecule has 4 fully saturated rings. The molecule has 7 rings (SSSR count). The highest BCUT2D eigenvalue weighted by Gasteiger charge is 2.61. The first-order valence-corrected chi connectivity index (χ1v) is 14.0. The molecule has 0 aliphatic heterocycles. The molecule has 4 saturated carbocycles. The second-order valence-corrected chi connectivity index (χ2v) is 12.5. The van der Waals surface area contributed by atoms with E-state index in [1.807, 2.05) is 5.38 Å². The van der Waals surface area contributed by atoms with Crippen molar-refractivity contribution in [3.8, 4) is 11.5 Å². The van der Waals surface area contributed by atoms with Gasteiger partial charge in [-0.15, -0.1) is 24.5 Å². The smallest absolute Gasteiger partial charge is 0.487 e. The fourth-order valence-electron chi connectivity index (χ4n) is 7.60. The van der Waals surface area contributed by atoms with Gasteiger partial charge in [0.25, 0.3) is 5.91 Å². The average Bonchev–Trinajstić information content (AvgIpc) is 3.33. The zero-order valence-corrected chi connectivity index (χ0v) is 22.2. The number of hydrogen-bond donors (Lipinski definition) is 3. The minimum Gasteiger partial charge on any atom is -0.487 e. The molecule has 7 nitrogen and oxygen atoms in total. The van der Waals surface area contributed by atoms with Crippen LogP contribution in [0.2, 0.25) is 0 Å². The summed E-state index contributed by atoms with van der Waals surface area (Å²) >= 11 is 1.45. The van der Waals surface area contributed by atoms with Gasteiger partial charge in [-0.2, -0.15) is 0 Å². The van der Waals surface area contributed by atoms with Crippen LogP contribution in [0.5, 0.6) is 11.5 Å². The van der Waals surface area contributed by atoms with Crippen molar-refractivity contribution < 1.29 is 42.4 Å². The lowest BCUT2D eigenvalue weighted by atomic mass is 9.46. The van der Waals surface area contributed by atoms with E-state index in [0.29, 0.717) is 43.1 Å². The Balaban J connectivity index is 1.25. The van der Waals surface area contributed by atoms with Crippen LogP contribution >= 0.6 is 11.3 Å². The van der Waals surface area contributed by atoms with Crippen molar-refractivity contribution in [1.82, 2.24) is 5.32 Å². The molecule has 4 aliphatic carbocycles. The third kappa shape index (κ3) is 5.12. The van der Waals surface area contributed by atoms with Gasteiger partial charge in [-0.05, 0) is 91.6 Å². The highest BCUT2D eigenvalue weighted by molar-refractivity contribution is 7.17. The maximum absolute atomic E-state index is 13.7. The quantitative estimate of drug-likeness (QED) is 0.309. The van der Waals surface area contributed by atoms with Gasteiger partial charge >= 0.3 is 12.3 Å². The molecule has 3 aromatic rings. The molecule has 0 spiro atoms. The number of alkyl halides is 3. The third-order valence-electron chi connectivity index (χ3n) is 8.58. The first kappa shape index (κ1) is 26.9. The summed E-state index contributed by atoms with van der Waals surface area (Å²) in [6, 6.07) is 9.24. The average molecular weight is 576 g/mol. The molecular weight excluding hydrogens is 547 g/mol. The Labute approximate surface area is 231 Å². The molecule has 212 valence electrons. The molecule has 0 saturated heterocycles. The van der Waals surface area contributed by atoms with Gasteiger partial charge in [0.2, 0.25) is 0 Å². The number of aliphatic hydroxyl groups is 1. The van der Waals surface area contributed by atoms with Crippen molar-refractivity contribution in [2.24, 2.45) is 17.3 Å².